The van der Waals surface area contributed by atoms with Gasteiger partial charge in [-0.1, -0.05) is 0 Å². The average Bonchev–Trinajstić information content (AvgIpc) is 3.24. The maximum Gasteiger partial charge on any atom is 0.326 e. The van der Waals surface area contributed by atoms with Crippen molar-refractivity contribution in [3.8, 4) is 0 Å². The number of hydrogen-bond donors (Lipinski definition) is 1. The minimum absolute atomic E-state index is 0.0121. The van der Waals surface area contributed by atoms with Crippen LogP contribution >= 0.6 is 0 Å². The topological polar surface area (TPSA) is 77.9 Å². The molecule has 1 aliphatic carbocycles. The van der Waals surface area contributed by atoms with Crippen molar-refractivity contribution in [3.63, 3.8) is 0 Å². The molecule has 1 aliphatic heterocycles. The van der Waals surface area contributed by atoms with Crippen LogP contribution in [0, 0.1) is 0 Å². The van der Waals surface area contributed by atoms with E-state index in [1.165, 1.54) is 11.8 Å². The standard InChI is InChI=1S/C17H20N2O4/c1-10(17(22)23)19(14-4-5-14)16(21)13-3-6-15-12(9-13)7-8-18(15)11(2)20/h3,6,9-10,14H,4-5,7-8H2,1-2H3,(H,22,23). The molecule has 1 N–H and O–H groups in total. The Balaban J connectivity index is 1.88. The van der Waals surface area contributed by atoms with Crippen LogP contribution in [0.5, 0.6) is 0 Å². The molecule has 6 nitrogen and oxygen atoms in total. The number of carbonyl (C=O) groups is 3. The fourth-order valence-electron chi connectivity index (χ4n) is 3.14. The van der Waals surface area contributed by atoms with E-state index in [4.69, 9.17) is 0 Å². The normalized spacial score (nSPS) is 17.6. The van der Waals surface area contributed by atoms with Gasteiger partial charge in [-0.15, -0.1) is 0 Å². The predicted molar refractivity (Wildman–Crippen MR) is 84.5 cm³/mol. The second-order valence-electron chi connectivity index (χ2n) is 6.22. The zero-order valence-corrected chi connectivity index (χ0v) is 13.3. The van der Waals surface area contributed by atoms with E-state index in [0.29, 0.717) is 18.5 Å². The van der Waals surface area contributed by atoms with E-state index in [1.807, 2.05) is 0 Å². The molecule has 1 atom stereocenters. The van der Waals surface area contributed by atoms with Gasteiger partial charge in [0, 0.05) is 30.8 Å². The van der Waals surface area contributed by atoms with Crippen molar-refractivity contribution >= 4 is 23.5 Å². The highest BCUT2D eigenvalue weighted by molar-refractivity contribution is 5.99. The van der Waals surface area contributed by atoms with Gasteiger partial charge in [0.25, 0.3) is 5.91 Å². The molecule has 0 bridgehead atoms. The average molecular weight is 316 g/mol. The summed E-state index contributed by atoms with van der Waals surface area (Å²) in [6.07, 6.45) is 2.42. The third-order valence-corrected chi connectivity index (χ3v) is 4.55. The molecule has 0 saturated heterocycles. The van der Waals surface area contributed by atoms with E-state index in [-0.39, 0.29) is 17.9 Å². The zero-order chi connectivity index (χ0) is 16.7. The largest absolute Gasteiger partial charge is 0.480 e. The summed E-state index contributed by atoms with van der Waals surface area (Å²) in [5.74, 6) is -1.25. The highest BCUT2D eigenvalue weighted by atomic mass is 16.4. The summed E-state index contributed by atoms with van der Waals surface area (Å²) in [4.78, 5) is 38.8. The number of benzene rings is 1. The molecule has 2 aliphatic rings. The number of nitrogens with zero attached hydrogens (tertiary/aromatic N) is 2. The molecule has 1 aromatic carbocycles. The van der Waals surface area contributed by atoms with Gasteiger partial charge in [0.1, 0.15) is 6.04 Å². The summed E-state index contributed by atoms with van der Waals surface area (Å²) in [6.45, 7) is 3.70. The Kier molecular flexibility index (Phi) is 3.83. The lowest BCUT2D eigenvalue weighted by atomic mass is 10.1. The van der Waals surface area contributed by atoms with Crippen molar-refractivity contribution in [1.82, 2.24) is 4.90 Å². The number of amides is 2. The molecule has 6 heteroatoms. The zero-order valence-electron chi connectivity index (χ0n) is 13.3. The van der Waals surface area contributed by atoms with Crippen molar-refractivity contribution in [3.05, 3.63) is 29.3 Å². The van der Waals surface area contributed by atoms with Crippen molar-refractivity contribution < 1.29 is 19.5 Å². The van der Waals surface area contributed by atoms with Crippen molar-refractivity contribution in [2.45, 2.75) is 45.2 Å². The van der Waals surface area contributed by atoms with Crippen LogP contribution in [-0.2, 0) is 16.0 Å². The minimum Gasteiger partial charge on any atom is -0.480 e. The first-order valence-electron chi connectivity index (χ1n) is 7.86. The molecule has 23 heavy (non-hydrogen) atoms. The van der Waals surface area contributed by atoms with Crippen LogP contribution < -0.4 is 4.90 Å². The van der Waals surface area contributed by atoms with Gasteiger partial charge in [-0.05, 0) is 49.9 Å². The molecule has 1 saturated carbocycles. The third kappa shape index (κ3) is 2.81. The van der Waals surface area contributed by atoms with Crippen LogP contribution in [0.15, 0.2) is 18.2 Å². The van der Waals surface area contributed by atoms with Crippen LogP contribution in [0.4, 0.5) is 5.69 Å². The quantitative estimate of drug-likeness (QED) is 0.916. The maximum absolute atomic E-state index is 12.8. The lowest BCUT2D eigenvalue weighted by molar-refractivity contribution is -0.141. The lowest BCUT2D eigenvalue weighted by Gasteiger charge is -2.26. The SMILES string of the molecule is CC(=O)N1CCc2cc(C(=O)N(C3CC3)C(C)C(=O)O)ccc21. The molecular formula is C17H20N2O4. The Bertz CT molecular complexity index is 681. The number of aliphatic carboxylic acids is 1. The smallest absolute Gasteiger partial charge is 0.326 e. The number of anilines is 1. The number of carboxylic acid groups (broad SMARTS) is 1. The van der Waals surface area contributed by atoms with Gasteiger partial charge >= 0.3 is 5.97 Å². The fraction of sp³-hybridized carbons (Fsp3) is 0.471. The van der Waals surface area contributed by atoms with Crippen molar-refractivity contribution in [1.29, 1.82) is 0 Å². The van der Waals surface area contributed by atoms with Crippen LogP contribution in [0.1, 0.15) is 42.6 Å². The Labute approximate surface area is 134 Å². The number of fused-ring (bicyclic) bond motifs is 1. The van der Waals surface area contributed by atoms with E-state index >= 15 is 0 Å². The summed E-state index contributed by atoms with van der Waals surface area (Å²) in [6, 6.07) is 4.46. The van der Waals surface area contributed by atoms with Gasteiger partial charge in [0.05, 0.1) is 0 Å². The molecular weight excluding hydrogens is 296 g/mol. The molecule has 0 aromatic heterocycles. The summed E-state index contributed by atoms with van der Waals surface area (Å²) >= 11 is 0. The Hall–Kier alpha value is -2.37. The fourth-order valence-corrected chi connectivity index (χ4v) is 3.14. The first-order valence-corrected chi connectivity index (χ1v) is 7.86. The van der Waals surface area contributed by atoms with Crippen LogP contribution in [0.25, 0.3) is 0 Å². The highest BCUT2D eigenvalue weighted by Gasteiger charge is 2.39. The Morgan fingerprint density at radius 2 is 2.00 bits per heavy atom. The molecule has 1 heterocycles. The first-order chi connectivity index (χ1) is 10.9. The van der Waals surface area contributed by atoms with Gasteiger partial charge in [0.15, 0.2) is 0 Å². The van der Waals surface area contributed by atoms with Crippen molar-refractivity contribution in [2.75, 3.05) is 11.4 Å². The number of carboxylic acids is 1. The summed E-state index contributed by atoms with van der Waals surface area (Å²) in [5.41, 5.74) is 2.30. The summed E-state index contributed by atoms with van der Waals surface area (Å²) < 4.78 is 0. The highest BCUT2D eigenvalue weighted by Crippen LogP contribution is 2.33. The Morgan fingerprint density at radius 1 is 1.30 bits per heavy atom. The molecule has 3 rings (SSSR count). The Morgan fingerprint density at radius 3 is 2.57 bits per heavy atom. The maximum atomic E-state index is 12.8. The van der Waals surface area contributed by atoms with Crippen LogP contribution in [-0.4, -0.2) is 46.4 Å². The molecule has 0 spiro atoms. The van der Waals surface area contributed by atoms with Gasteiger partial charge in [0.2, 0.25) is 5.91 Å². The molecule has 0 radical (unpaired) electrons. The predicted octanol–water partition coefficient (Wildman–Crippen LogP) is 1.67. The second-order valence-corrected chi connectivity index (χ2v) is 6.22. The summed E-state index contributed by atoms with van der Waals surface area (Å²) in [7, 11) is 0. The van der Waals surface area contributed by atoms with Gasteiger partial charge < -0.3 is 14.9 Å². The minimum atomic E-state index is -0.992. The van der Waals surface area contributed by atoms with Crippen LogP contribution in [0.3, 0.4) is 0 Å². The van der Waals surface area contributed by atoms with E-state index in [1.54, 1.807) is 30.0 Å². The molecule has 122 valence electrons. The molecule has 1 fully saturated rings. The second kappa shape index (κ2) is 5.68. The van der Waals surface area contributed by atoms with Crippen molar-refractivity contribution in [2.24, 2.45) is 0 Å². The monoisotopic (exact) mass is 316 g/mol. The molecule has 1 unspecified atom stereocenters. The number of rotatable bonds is 4. The van der Waals surface area contributed by atoms with Gasteiger partial charge in [-0.3, -0.25) is 9.59 Å². The van der Waals surface area contributed by atoms with Crippen LogP contribution in [0.2, 0.25) is 0 Å². The lowest BCUT2D eigenvalue weighted by Crippen LogP contribution is -2.44. The van der Waals surface area contributed by atoms with Gasteiger partial charge in [-0.2, -0.15) is 0 Å². The third-order valence-electron chi connectivity index (χ3n) is 4.55. The molecule has 2 amide bonds. The number of carbonyl (C=O) groups excluding carboxylic acids is 2. The first kappa shape index (κ1) is 15.5. The van der Waals surface area contributed by atoms with Gasteiger partial charge in [-0.25, -0.2) is 4.79 Å². The van der Waals surface area contributed by atoms with E-state index in [9.17, 15) is 19.5 Å². The van der Waals surface area contributed by atoms with E-state index < -0.39 is 12.0 Å². The number of hydrogen-bond acceptors (Lipinski definition) is 3. The van der Waals surface area contributed by atoms with E-state index in [0.717, 1.165) is 24.1 Å². The van der Waals surface area contributed by atoms with E-state index in [2.05, 4.69) is 0 Å². The molecule has 1 aromatic rings. The summed E-state index contributed by atoms with van der Waals surface area (Å²) in [5, 5.41) is 9.24.